The second kappa shape index (κ2) is 13.2. The van der Waals surface area contributed by atoms with Gasteiger partial charge < -0.3 is 19.7 Å². The number of rotatable bonds is 10. The first-order valence-corrected chi connectivity index (χ1v) is 15.8. The number of hydrogen-bond donors (Lipinski definition) is 1. The molecule has 0 spiro atoms. The van der Waals surface area contributed by atoms with Gasteiger partial charge in [0.25, 0.3) is 0 Å². The van der Waals surface area contributed by atoms with Crippen molar-refractivity contribution in [3.8, 4) is 11.5 Å². The number of thiazole rings is 1. The fourth-order valence-electron chi connectivity index (χ4n) is 4.41. The molecule has 3 heterocycles. The van der Waals surface area contributed by atoms with E-state index >= 15 is 0 Å². The van der Waals surface area contributed by atoms with Crippen molar-refractivity contribution in [3.05, 3.63) is 65.6 Å². The molecule has 0 saturated carbocycles. The van der Waals surface area contributed by atoms with Crippen LogP contribution in [0.4, 0.5) is 35.9 Å². The summed E-state index contributed by atoms with van der Waals surface area (Å²) in [4.78, 5) is 27.1. The molecule has 1 N–H and O–H groups in total. The molecular formula is C26H20ClF7N6O5S2. The van der Waals surface area contributed by atoms with E-state index in [4.69, 9.17) is 11.6 Å². The van der Waals surface area contributed by atoms with Crippen molar-refractivity contribution in [2.75, 3.05) is 24.5 Å². The van der Waals surface area contributed by atoms with Gasteiger partial charge in [0.2, 0.25) is 21.2 Å². The summed E-state index contributed by atoms with van der Waals surface area (Å²) in [5.41, 5.74) is 0.645. The molecule has 0 radical (unpaired) electrons. The zero-order valence-electron chi connectivity index (χ0n) is 23.3. The van der Waals surface area contributed by atoms with Gasteiger partial charge in [-0.3, -0.25) is 4.79 Å². The molecule has 21 heteroatoms. The maximum atomic E-state index is 13.7. The zero-order valence-corrected chi connectivity index (χ0v) is 25.7. The second-order valence-electron chi connectivity index (χ2n) is 9.75. The monoisotopic (exact) mass is 728 g/mol. The zero-order chi connectivity index (χ0) is 34.1. The molecular weight excluding hydrogens is 709 g/mol. The number of anilines is 1. The molecule has 1 amide bonds. The highest BCUT2D eigenvalue weighted by molar-refractivity contribution is 7.89. The van der Waals surface area contributed by atoms with E-state index in [2.05, 4.69) is 29.7 Å². The summed E-state index contributed by atoms with van der Waals surface area (Å²) in [6.45, 7) is -0.623. The molecule has 2 aromatic heterocycles. The van der Waals surface area contributed by atoms with Gasteiger partial charge in [-0.1, -0.05) is 23.5 Å². The van der Waals surface area contributed by atoms with Crippen molar-refractivity contribution >= 4 is 54.3 Å². The summed E-state index contributed by atoms with van der Waals surface area (Å²) in [5, 5.41) is 2.91. The lowest BCUT2D eigenvalue weighted by atomic mass is 10.1. The number of aromatic nitrogens is 3. The first-order valence-electron chi connectivity index (χ1n) is 13.2. The van der Waals surface area contributed by atoms with Gasteiger partial charge >= 0.3 is 18.9 Å². The van der Waals surface area contributed by atoms with E-state index < -0.39 is 57.3 Å². The molecule has 5 rings (SSSR count). The van der Waals surface area contributed by atoms with Gasteiger partial charge in [-0.25, -0.2) is 13.4 Å². The van der Waals surface area contributed by atoms with E-state index in [-0.39, 0.29) is 37.1 Å². The molecule has 1 aliphatic heterocycles. The number of sulfonamides is 1. The smallest absolute Gasteiger partial charge is 0.428 e. The molecule has 47 heavy (non-hydrogen) atoms. The average Bonchev–Trinajstić information content (AvgIpc) is 3.43. The summed E-state index contributed by atoms with van der Waals surface area (Å²) in [5.74, 6) is -1.99. The quantitative estimate of drug-likeness (QED) is 0.176. The van der Waals surface area contributed by atoms with Crippen molar-refractivity contribution in [3.63, 3.8) is 0 Å². The fraction of sp³-hybridized carbons (Fsp3) is 0.308. The van der Waals surface area contributed by atoms with E-state index in [1.54, 1.807) is 4.90 Å². The van der Waals surface area contributed by atoms with Gasteiger partial charge in [0.1, 0.15) is 17.5 Å². The Bertz CT molecular complexity index is 1850. The number of amides is 1. The molecule has 0 bridgehead atoms. The Morgan fingerprint density at radius 2 is 1.64 bits per heavy atom. The third-order valence-electron chi connectivity index (χ3n) is 6.58. The molecule has 2 aromatic carbocycles. The number of benzene rings is 2. The van der Waals surface area contributed by atoms with Crippen LogP contribution in [-0.4, -0.2) is 78.2 Å². The van der Waals surface area contributed by atoms with Crippen LogP contribution in [0.2, 0.25) is 5.28 Å². The molecule has 4 aromatic rings. The number of fused-ring (bicyclic) bond motifs is 1. The number of piperazine rings is 1. The Balaban J connectivity index is 1.38. The molecule has 0 aliphatic carbocycles. The minimum atomic E-state index is -4.90. The van der Waals surface area contributed by atoms with E-state index in [0.29, 0.717) is 15.4 Å². The summed E-state index contributed by atoms with van der Waals surface area (Å²) in [6.07, 6.45) is -12.4. The second-order valence-corrected chi connectivity index (χ2v) is 13.0. The summed E-state index contributed by atoms with van der Waals surface area (Å²) in [7, 11) is -4.50. The van der Waals surface area contributed by atoms with Gasteiger partial charge in [0.05, 0.1) is 15.8 Å². The normalized spacial score (nSPS) is 16.4. The van der Waals surface area contributed by atoms with Crippen LogP contribution in [0.5, 0.6) is 11.5 Å². The Morgan fingerprint density at radius 1 is 1.00 bits per heavy atom. The lowest BCUT2D eigenvalue weighted by Crippen LogP contribution is -2.60. The first-order chi connectivity index (χ1) is 22.0. The van der Waals surface area contributed by atoms with Gasteiger partial charge in [-0.05, 0) is 53.6 Å². The van der Waals surface area contributed by atoms with Gasteiger partial charge in [0, 0.05) is 26.2 Å². The van der Waals surface area contributed by atoms with E-state index in [9.17, 15) is 43.9 Å². The predicted octanol–water partition coefficient (Wildman–Crippen LogP) is 5.07. The van der Waals surface area contributed by atoms with Crippen LogP contribution in [0.15, 0.2) is 59.6 Å². The van der Waals surface area contributed by atoms with Crippen LogP contribution in [0.3, 0.4) is 0 Å². The highest BCUT2D eigenvalue weighted by atomic mass is 35.5. The SMILES string of the molecule is O=C(NCc1ccc(OC(F)(F)F)cc1)[C@H]1CN(c2nc3nc(Cl)ncc3s2)CCN1S(=O)(=O)c1ccc(OC(F)(F)C(F)F)cc1. The van der Waals surface area contributed by atoms with Crippen molar-refractivity contribution in [1.29, 1.82) is 0 Å². The number of carbonyl (C=O) groups excluding carboxylic acids is 1. The molecule has 1 aliphatic rings. The topological polar surface area (TPSA) is 127 Å². The van der Waals surface area contributed by atoms with Crippen molar-refractivity contribution in [1.82, 2.24) is 24.6 Å². The Labute approximate surface area is 269 Å². The lowest BCUT2D eigenvalue weighted by molar-refractivity contribution is -0.274. The van der Waals surface area contributed by atoms with Gasteiger partial charge in [0.15, 0.2) is 10.8 Å². The third-order valence-corrected chi connectivity index (χ3v) is 9.72. The third kappa shape index (κ3) is 8.11. The highest BCUT2D eigenvalue weighted by Crippen LogP contribution is 2.33. The number of alkyl halides is 7. The van der Waals surface area contributed by atoms with Crippen LogP contribution < -0.4 is 19.7 Å². The maximum Gasteiger partial charge on any atom is 0.573 e. The van der Waals surface area contributed by atoms with Crippen molar-refractivity contribution in [2.24, 2.45) is 0 Å². The molecule has 252 valence electrons. The Morgan fingerprint density at radius 3 is 2.28 bits per heavy atom. The Hall–Kier alpha value is -4.01. The maximum absolute atomic E-state index is 13.7. The summed E-state index contributed by atoms with van der Waals surface area (Å²) >= 11 is 7.02. The number of hydrogen-bond acceptors (Lipinski definition) is 10. The Kier molecular flexibility index (Phi) is 9.67. The summed E-state index contributed by atoms with van der Waals surface area (Å²) < 4.78 is 126. The standard InChI is InChI=1S/C26H20ClF7N6O5S2/c27-23-36-12-19-20(37-23)38-24(46-19)39-9-10-40(47(42,43)17-7-5-15(6-8-17)44-25(30,31)22(28)29)18(13-39)21(41)35-11-14-1-3-16(4-2-14)45-26(32,33)34/h1-8,12,18,22H,9-11,13H2,(H,35,41)/t18-/m1/s1. The van der Waals surface area contributed by atoms with E-state index in [0.717, 1.165) is 40.7 Å². The average molecular weight is 729 g/mol. The van der Waals surface area contributed by atoms with Crippen LogP contribution in [0.25, 0.3) is 10.3 Å². The molecule has 1 atom stereocenters. The van der Waals surface area contributed by atoms with E-state index in [1.165, 1.54) is 29.7 Å². The first kappa shape index (κ1) is 34.3. The van der Waals surface area contributed by atoms with Gasteiger partial charge in [-0.2, -0.15) is 31.8 Å². The molecule has 1 saturated heterocycles. The number of carbonyl (C=O) groups is 1. The van der Waals surface area contributed by atoms with Crippen LogP contribution in [0, 0.1) is 0 Å². The molecule has 1 fully saturated rings. The van der Waals surface area contributed by atoms with Crippen molar-refractivity contribution in [2.45, 2.75) is 36.4 Å². The van der Waals surface area contributed by atoms with Crippen LogP contribution in [-0.2, 0) is 21.4 Å². The fourth-order valence-corrected chi connectivity index (χ4v) is 7.02. The largest absolute Gasteiger partial charge is 0.573 e. The highest BCUT2D eigenvalue weighted by Gasteiger charge is 2.44. The van der Waals surface area contributed by atoms with Crippen LogP contribution in [0.1, 0.15) is 5.56 Å². The van der Waals surface area contributed by atoms with Crippen molar-refractivity contribution < 1.29 is 53.4 Å². The van der Waals surface area contributed by atoms with E-state index in [1.807, 2.05) is 0 Å². The number of nitrogens with one attached hydrogen (secondary N) is 1. The number of nitrogens with zero attached hydrogens (tertiary/aromatic N) is 5. The minimum Gasteiger partial charge on any atom is -0.428 e. The molecule has 11 nitrogen and oxygen atoms in total. The number of halogens is 8. The minimum absolute atomic E-state index is 0.0464. The number of ether oxygens (including phenoxy) is 2. The molecule has 0 unspecified atom stereocenters. The summed E-state index contributed by atoms with van der Waals surface area (Å²) in [6, 6.07) is 6.52. The predicted molar refractivity (Wildman–Crippen MR) is 153 cm³/mol. The van der Waals surface area contributed by atoms with Crippen LogP contribution >= 0.6 is 22.9 Å². The van der Waals surface area contributed by atoms with Gasteiger partial charge in [-0.15, -0.1) is 13.2 Å². The lowest BCUT2D eigenvalue weighted by Gasteiger charge is -2.39.